The zero-order chi connectivity index (χ0) is 21.9. The van der Waals surface area contributed by atoms with E-state index in [9.17, 15) is 8.42 Å². The van der Waals surface area contributed by atoms with Crippen molar-refractivity contribution in [2.24, 2.45) is 0 Å². The predicted molar refractivity (Wildman–Crippen MR) is 123 cm³/mol. The number of benzene rings is 2. The van der Waals surface area contributed by atoms with Crippen molar-refractivity contribution in [3.8, 4) is 0 Å². The van der Waals surface area contributed by atoms with Crippen molar-refractivity contribution < 1.29 is 13.2 Å². The van der Waals surface area contributed by atoms with Gasteiger partial charge < -0.3 is 14.5 Å². The first-order chi connectivity index (χ1) is 14.0. The summed E-state index contributed by atoms with van der Waals surface area (Å²) in [6.45, 7) is 7.83. The highest BCUT2D eigenvalue weighted by atomic mass is 32.2. The van der Waals surface area contributed by atoms with Gasteiger partial charge in [-0.3, -0.25) is 0 Å². The monoisotopic (exact) mass is 426 g/mol. The maximum Gasteiger partial charge on any atom is 0.175 e. The SMILES string of the molecule is CC(=Cc1ccc(N(C)C)cc1)C12OCCN1c1ccc(S(C)(=O)=O)cc1C2(C)C. The number of hydrogen-bond donors (Lipinski definition) is 0. The molecule has 2 aromatic rings. The fraction of sp³-hybridized carbons (Fsp3) is 0.417. The minimum atomic E-state index is -3.28. The molecule has 0 saturated carbocycles. The van der Waals surface area contributed by atoms with E-state index in [1.165, 1.54) is 6.26 Å². The minimum Gasteiger partial charge on any atom is -0.378 e. The van der Waals surface area contributed by atoms with Crippen molar-refractivity contribution in [3.05, 3.63) is 59.2 Å². The van der Waals surface area contributed by atoms with Crippen LogP contribution in [0.4, 0.5) is 11.4 Å². The lowest BCUT2D eigenvalue weighted by Gasteiger charge is -2.43. The molecule has 0 amide bonds. The molecule has 1 saturated heterocycles. The quantitative estimate of drug-likeness (QED) is 0.737. The van der Waals surface area contributed by atoms with Gasteiger partial charge in [-0.1, -0.05) is 32.1 Å². The number of ether oxygens (including phenoxy) is 1. The molecule has 0 aromatic heterocycles. The average molecular weight is 427 g/mol. The Morgan fingerprint density at radius 3 is 2.40 bits per heavy atom. The molecule has 1 fully saturated rings. The van der Waals surface area contributed by atoms with Gasteiger partial charge in [0.05, 0.1) is 11.5 Å². The summed E-state index contributed by atoms with van der Waals surface area (Å²) < 4.78 is 30.8. The van der Waals surface area contributed by atoms with Gasteiger partial charge in [-0.25, -0.2) is 8.42 Å². The molecule has 2 aromatic carbocycles. The van der Waals surface area contributed by atoms with Crippen LogP contribution < -0.4 is 9.80 Å². The Morgan fingerprint density at radius 2 is 1.80 bits per heavy atom. The topological polar surface area (TPSA) is 49.9 Å². The van der Waals surface area contributed by atoms with Crippen molar-refractivity contribution in [2.75, 3.05) is 43.3 Å². The standard InChI is InChI=1S/C24H30N2O3S/c1-17(15-18-7-9-19(10-8-18)25(4)5)24-23(2,3)21-16-20(30(6,27)28)11-12-22(21)26(24)13-14-29-24/h7-12,15-16H,13-14H2,1-6H3. The molecule has 0 radical (unpaired) electrons. The molecule has 2 aliphatic rings. The molecule has 0 spiro atoms. The number of fused-ring (bicyclic) bond motifs is 3. The highest BCUT2D eigenvalue weighted by molar-refractivity contribution is 7.90. The molecule has 30 heavy (non-hydrogen) atoms. The van der Waals surface area contributed by atoms with Crippen molar-refractivity contribution in [3.63, 3.8) is 0 Å². The molecule has 2 heterocycles. The van der Waals surface area contributed by atoms with E-state index in [-0.39, 0.29) is 0 Å². The lowest BCUT2D eigenvalue weighted by Crippen LogP contribution is -2.54. The van der Waals surface area contributed by atoms with E-state index < -0.39 is 21.0 Å². The largest absolute Gasteiger partial charge is 0.378 e. The van der Waals surface area contributed by atoms with Gasteiger partial charge in [0.2, 0.25) is 0 Å². The number of anilines is 2. The van der Waals surface area contributed by atoms with E-state index in [4.69, 9.17) is 4.74 Å². The number of hydrogen-bond acceptors (Lipinski definition) is 5. The first-order valence-corrected chi connectivity index (χ1v) is 12.1. The highest BCUT2D eigenvalue weighted by Crippen LogP contribution is 2.57. The van der Waals surface area contributed by atoms with Crippen LogP contribution in [0.25, 0.3) is 6.08 Å². The Kier molecular flexibility index (Phi) is 4.79. The average Bonchev–Trinajstić information content (AvgIpc) is 3.20. The molecule has 1 unspecified atom stereocenters. The summed E-state index contributed by atoms with van der Waals surface area (Å²) in [6, 6.07) is 13.9. The van der Waals surface area contributed by atoms with Crippen LogP contribution in [0.15, 0.2) is 52.9 Å². The van der Waals surface area contributed by atoms with Crippen molar-refractivity contribution in [1.82, 2.24) is 0 Å². The van der Waals surface area contributed by atoms with Gasteiger partial charge in [-0.05, 0) is 54.0 Å². The molecule has 0 aliphatic carbocycles. The highest BCUT2D eigenvalue weighted by Gasteiger charge is 2.61. The van der Waals surface area contributed by atoms with E-state index in [1.807, 2.05) is 26.2 Å². The fourth-order valence-corrected chi connectivity index (χ4v) is 5.68. The number of nitrogens with zero attached hydrogens (tertiary/aromatic N) is 2. The summed E-state index contributed by atoms with van der Waals surface area (Å²) in [6.07, 6.45) is 3.44. The molecule has 4 rings (SSSR count). The molecule has 0 N–H and O–H groups in total. The van der Waals surface area contributed by atoms with E-state index in [0.29, 0.717) is 11.5 Å². The second-order valence-electron chi connectivity index (χ2n) is 9.03. The third-order valence-electron chi connectivity index (χ3n) is 6.54. The summed E-state index contributed by atoms with van der Waals surface area (Å²) in [5.74, 6) is 0. The van der Waals surface area contributed by atoms with Crippen molar-refractivity contribution in [1.29, 1.82) is 0 Å². The van der Waals surface area contributed by atoms with Crippen LogP contribution in [0.1, 0.15) is 31.9 Å². The predicted octanol–water partition coefficient (Wildman–Crippen LogP) is 4.08. The Balaban J connectivity index is 1.81. The lowest BCUT2D eigenvalue weighted by molar-refractivity contribution is -0.00919. The number of rotatable bonds is 4. The smallest absolute Gasteiger partial charge is 0.175 e. The zero-order valence-electron chi connectivity index (χ0n) is 18.6. The van der Waals surface area contributed by atoms with E-state index in [0.717, 1.165) is 34.6 Å². The third-order valence-corrected chi connectivity index (χ3v) is 7.65. The van der Waals surface area contributed by atoms with E-state index >= 15 is 0 Å². The Bertz CT molecular complexity index is 1120. The second-order valence-corrected chi connectivity index (χ2v) is 11.0. The van der Waals surface area contributed by atoms with Gasteiger partial charge in [-0.15, -0.1) is 0 Å². The summed E-state index contributed by atoms with van der Waals surface area (Å²) in [5.41, 5.74) is 4.41. The normalized spacial score (nSPS) is 22.7. The van der Waals surface area contributed by atoms with Gasteiger partial charge in [-0.2, -0.15) is 0 Å². The zero-order valence-corrected chi connectivity index (χ0v) is 19.4. The van der Waals surface area contributed by atoms with Gasteiger partial charge in [0, 0.05) is 43.7 Å². The van der Waals surface area contributed by atoms with Gasteiger partial charge >= 0.3 is 0 Å². The molecular formula is C24H30N2O3S. The summed E-state index contributed by atoms with van der Waals surface area (Å²) in [5, 5.41) is 0. The van der Waals surface area contributed by atoms with Gasteiger partial charge in [0.1, 0.15) is 0 Å². The summed E-state index contributed by atoms with van der Waals surface area (Å²) in [7, 11) is 0.784. The van der Waals surface area contributed by atoms with Crippen LogP contribution in [-0.2, 0) is 20.0 Å². The Hall–Kier alpha value is -2.31. The van der Waals surface area contributed by atoms with Crippen LogP contribution in [0, 0.1) is 0 Å². The maximum atomic E-state index is 12.2. The van der Waals surface area contributed by atoms with Crippen LogP contribution in [0.2, 0.25) is 0 Å². The Morgan fingerprint density at radius 1 is 1.13 bits per heavy atom. The maximum absolute atomic E-state index is 12.2. The van der Waals surface area contributed by atoms with Crippen molar-refractivity contribution in [2.45, 2.75) is 36.8 Å². The van der Waals surface area contributed by atoms with Gasteiger partial charge in [0.15, 0.2) is 15.6 Å². The van der Waals surface area contributed by atoms with Crippen LogP contribution >= 0.6 is 0 Å². The summed E-state index contributed by atoms with van der Waals surface area (Å²) in [4.78, 5) is 4.73. The van der Waals surface area contributed by atoms with Crippen LogP contribution in [0.5, 0.6) is 0 Å². The number of sulfone groups is 1. The van der Waals surface area contributed by atoms with Crippen LogP contribution in [0.3, 0.4) is 0 Å². The molecule has 2 aliphatic heterocycles. The minimum absolute atomic E-state index is 0.353. The fourth-order valence-electron chi connectivity index (χ4n) is 5.03. The van der Waals surface area contributed by atoms with E-state index in [2.05, 4.69) is 60.9 Å². The summed E-state index contributed by atoms with van der Waals surface area (Å²) >= 11 is 0. The molecule has 5 nitrogen and oxygen atoms in total. The van der Waals surface area contributed by atoms with E-state index in [1.54, 1.807) is 6.07 Å². The molecule has 1 atom stereocenters. The first kappa shape index (κ1) is 20.9. The van der Waals surface area contributed by atoms with Crippen LogP contribution in [-0.4, -0.2) is 47.6 Å². The second kappa shape index (κ2) is 6.86. The van der Waals surface area contributed by atoms with Gasteiger partial charge in [0.25, 0.3) is 0 Å². The van der Waals surface area contributed by atoms with Crippen molar-refractivity contribution >= 4 is 27.3 Å². The third kappa shape index (κ3) is 2.96. The molecule has 6 heteroatoms. The molecule has 160 valence electrons. The Labute approximate surface area is 179 Å². The molecule has 0 bridgehead atoms. The first-order valence-electron chi connectivity index (χ1n) is 10.2. The molecular weight excluding hydrogens is 396 g/mol. The lowest BCUT2D eigenvalue weighted by atomic mass is 9.74.